The Balaban J connectivity index is 2.27. The molecule has 0 saturated heterocycles. The quantitative estimate of drug-likeness (QED) is 0.587. The minimum absolute atomic E-state index is 0.148. The molecule has 2 amide bonds. The molecule has 0 atom stereocenters. The van der Waals surface area contributed by atoms with Gasteiger partial charge in [-0.25, -0.2) is 4.79 Å². The summed E-state index contributed by atoms with van der Waals surface area (Å²) >= 11 is 0. The summed E-state index contributed by atoms with van der Waals surface area (Å²) < 4.78 is 5.03. The Labute approximate surface area is 117 Å². The van der Waals surface area contributed by atoms with Crippen molar-refractivity contribution in [1.82, 2.24) is 10.6 Å². The van der Waals surface area contributed by atoms with Gasteiger partial charge < -0.3 is 15.4 Å². The van der Waals surface area contributed by atoms with Crippen molar-refractivity contribution in [2.45, 2.75) is 20.3 Å². The van der Waals surface area contributed by atoms with Crippen molar-refractivity contribution in [3.8, 4) is 5.75 Å². The number of ether oxygens (including phenoxy) is 1. The van der Waals surface area contributed by atoms with Gasteiger partial charge in [-0.15, -0.1) is 0 Å². The van der Waals surface area contributed by atoms with Crippen molar-refractivity contribution in [2.24, 2.45) is 0 Å². The Bertz CT molecular complexity index is 482. The average molecular weight is 278 g/mol. The fraction of sp³-hybridized carbons (Fsp3) is 0.357. The molecule has 0 aliphatic rings. The van der Waals surface area contributed by atoms with Crippen LogP contribution >= 0.6 is 0 Å². The maximum absolute atomic E-state index is 11.5. The minimum Gasteiger partial charge on any atom is -0.425 e. The second kappa shape index (κ2) is 7.93. The van der Waals surface area contributed by atoms with E-state index >= 15 is 0 Å². The molecule has 0 heterocycles. The van der Waals surface area contributed by atoms with Crippen LogP contribution in [0, 0.1) is 6.92 Å². The molecule has 0 aliphatic heterocycles. The van der Waals surface area contributed by atoms with E-state index in [1.165, 1.54) is 0 Å². The standard InChI is InChI=1S/C14H18N2O4/c1-3-12(17)15-8-13(18)16-9-14(19)20-11-6-4-10(2)5-7-11/h4-7H,3,8-9H2,1-2H3,(H,15,17)(H,16,18). The topological polar surface area (TPSA) is 84.5 Å². The zero-order chi connectivity index (χ0) is 15.0. The Morgan fingerprint density at radius 2 is 1.60 bits per heavy atom. The van der Waals surface area contributed by atoms with Gasteiger partial charge in [-0.05, 0) is 19.1 Å². The van der Waals surface area contributed by atoms with Gasteiger partial charge >= 0.3 is 5.97 Å². The summed E-state index contributed by atoms with van der Waals surface area (Å²) in [6, 6.07) is 7.00. The summed E-state index contributed by atoms with van der Waals surface area (Å²) in [5.41, 5.74) is 1.06. The second-order valence-electron chi connectivity index (χ2n) is 4.19. The first kappa shape index (κ1) is 15.7. The van der Waals surface area contributed by atoms with E-state index in [-0.39, 0.29) is 19.0 Å². The highest BCUT2D eigenvalue weighted by Gasteiger charge is 2.08. The molecule has 1 rings (SSSR count). The fourth-order valence-electron chi connectivity index (χ4n) is 1.31. The fourth-order valence-corrected chi connectivity index (χ4v) is 1.31. The van der Waals surface area contributed by atoms with Gasteiger partial charge in [0, 0.05) is 6.42 Å². The van der Waals surface area contributed by atoms with Crippen molar-refractivity contribution >= 4 is 17.8 Å². The summed E-state index contributed by atoms with van der Waals surface area (Å²) in [6.07, 6.45) is 0.308. The number of aryl methyl sites for hydroxylation is 1. The normalized spacial score (nSPS) is 9.70. The van der Waals surface area contributed by atoms with Gasteiger partial charge in [0.05, 0.1) is 6.54 Å². The molecule has 0 spiro atoms. The molecule has 2 N–H and O–H groups in total. The Morgan fingerprint density at radius 1 is 1.00 bits per heavy atom. The van der Waals surface area contributed by atoms with E-state index in [2.05, 4.69) is 10.6 Å². The number of benzene rings is 1. The largest absolute Gasteiger partial charge is 0.425 e. The number of carbonyl (C=O) groups excluding carboxylic acids is 3. The Kier molecular flexibility index (Phi) is 6.22. The molecule has 20 heavy (non-hydrogen) atoms. The molecule has 1 aromatic rings. The summed E-state index contributed by atoms with van der Waals surface area (Å²) in [4.78, 5) is 33.7. The van der Waals surface area contributed by atoms with E-state index in [0.717, 1.165) is 5.56 Å². The monoisotopic (exact) mass is 278 g/mol. The number of amides is 2. The molecule has 0 fully saturated rings. The highest BCUT2D eigenvalue weighted by atomic mass is 16.5. The maximum Gasteiger partial charge on any atom is 0.330 e. The van der Waals surface area contributed by atoms with Gasteiger partial charge in [-0.2, -0.15) is 0 Å². The van der Waals surface area contributed by atoms with Crippen LogP contribution in [-0.2, 0) is 14.4 Å². The van der Waals surface area contributed by atoms with Gasteiger partial charge in [0.15, 0.2) is 0 Å². The second-order valence-corrected chi connectivity index (χ2v) is 4.19. The summed E-state index contributed by atoms with van der Waals surface area (Å²) in [7, 11) is 0. The molecule has 0 radical (unpaired) electrons. The molecule has 0 aromatic heterocycles. The van der Waals surface area contributed by atoms with Crippen molar-refractivity contribution in [1.29, 1.82) is 0 Å². The van der Waals surface area contributed by atoms with Gasteiger partial charge in [0.1, 0.15) is 12.3 Å². The molecule has 0 unspecified atom stereocenters. The third-order valence-corrected chi connectivity index (χ3v) is 2.45. The lowest BCUT2D eigenvalue weighted by molar-refractivity contribution is -0.135. The first-order chi connectivity index (χ1) is 9.51. The molecular formula is C14H18N2O4. The summed E-state index contributed by atoms with van der Waals surface area (Å²) in [6.45, 7) is 3.22. The lowest BCUT2D eigenvalue weighted by Crippen LogP contribution is -2.39. The molecule has 0 aliphatic carbocycles. The van der Waals surface area contributed by atoms with Crippen LogP contribution in [0.15, 0.2) is 24.3 Å². The van der Waals surface area contributed by atoms with Crippen LogP contribution in [0.1, 0.15) is 18.9 Å². The van der Waals surface area contributed by atoms with E-state index < -0.39 is 11.9 Å². The zero-order valence-corrected chi connectivity index (χ0v) is 11.6. The number of esters is 1. The highest BCUT2D eigenvalue weighted by Crippen LogP contribution is 2.11. The number of rotatable bonds is 6. The molecule has 1 aromatic carbocycles. The third-order valence-electron chi connectivity index (χ3n) is 2.45. The maximum atomic E-state index is 11.5. The van der Waals surface area contributed by atoms with Crippen LogP contribution in [-0.4, -0.2) is 30.9 Å². The number of hydrogen-bond acceptors (Lipinski definition) is 4. The predicted molar refractivity (Wildman–Crippen MR) is 73.1 cm³/mol. The third kappa shape index (κ3) is 5.99. The average Bonchev–Trinajstić information content (AvgIpc) is 2.45. The van der Waals surface area contributed by atoms with E-state index in [1.54, 1.807) is 19.1 Å². The SMILES string of the molecule is CCC(=O)NCC(=O)NCC(=O)Oc1ccc(C)cc1. The lowest BCUT2D eigenvalue weighted by Gasteiger charge is -2.07. The smallest absolute Gasteiger partial charge is 0.330 e. The zero-order valence-electron chi connectivity index (χ0n) is 11.6. The van der Waals surface area contributed by atoms with Crippen LogP contribution in [0.25, 0.3) is 0 Å². The van der Waals surface area contributed by atoms with Crippen molar-refractivity contribution in [3.05, 3.63) is 29.8 Å². The van der Waals surface area contributed by atoms with Crippen LogP contribution in [0.4, 0.5) is 0 Å². The van der Waals surface area contributed by atoms with E-state index in [9.17, 15) is 14.4 Å². The van der Waals surface area contributed by atoms with Gasteiger partial charge in [0.25, 0.3) is 0 Å². The Hall–Kier alpha value is -2.37. The number of hydrogen-bond donors (Lipinski definition) is 2. The van der Waals surface area contributed by atoms with Crippen molar-refractivity contribution in [2.75, 3.05) is 13.1 Å². The Morgan fingerprint density at radius 3 is 2.20 bits per heavy atom. The predicted octanol–water partition coefficient (Wildman–Crippen LogP) is 0.543. The van der Waals surface area contributed by atoms with E-state index in [4.69, 9.17) is 4.74 Å². The summed E-state index contributed by atoms with van der Waals surface area (Å²) in [5.74, 6) is -0.798. The molecule has 0 saturated carbocycles. The van der Waals surface area contributed by atoms with Gasteiger partial charge in [0.2, 0.25) is 11.8 Å². The van der Waals surface area contributed by atoms with Crippen LogP contribution in [0.5, 0.6) is 5.75 Å². The van der Waals surface area contributed by atoms with Gasteiger partial charge in [-0.3, -0.25) is 9.59 Å². The minimum atomic E-state index is -0.566. The van der Waals surface area contributed by atoms with Crippen LogP contribution in [0.2, 0.25) is 0 Å². The first-order valence-corrected chi connectivity index (χ1v) is 6.32. The molecular weight excluding hydrogens is 260 g/mol. The molecule has 0 bridgehead atoms. The number of nitrogens with one attached hydrogen (secondary N) is 2. The lowest BCUT2D eigenvalue weighted by atomic mass is 10.2. The molecule has 108 valence electrons. The molecule has 6 nitrogen and oxygen atoms in total. The van der Waals surface area contributed by atoms with E-state index in [1.807, 2.05) is 19.1 Å². The van der Waals surface area contributed by atoms with Crippen molar-refractivity contribution < 1.29 is 19.1 Å². The van der Waals surface area contributed by atoms with Crippen LogP contribution in [0.3, 0.4) is 0 Å². The van der Waals surface area contributed by atoms with Crippen molar-refractivity contribution in [3.63, 3.8) is 0 Å². The highest BCUT2D eigenvalue weighted by molar-refractivity contribution is 5.87. The van der Waals surface area contributed by atoms with Crippen LogP contribution < -0.4 is 15.4 Å². The van der Waals surface area contributed by atoms with Gasteiger partial charge in [-0.1, -0.05) is 24.6 Å². The first-order valence-electron chi connectivity index (χ1n) is 6.32. The van der Waals surface area contributed by atoms with E-state index in [0.29, 0.717) is 12.2 Å². The molecule has 6 heteroatoms. The number of carbonyl (C=O) groups is 3. The summed E-state index contributed by atoms with van der Waals surface area (Å²) in [5, 5.41) is 4.77.